The van der Waals surface area contributed by atoms with Crippen molar-refractivity contribution >= 4 is 12.4 Å². The molecular formula is C17H24ClF3N2O. The summed E-state index contributed by atoms with van der Waals surface area (Å²) in [6.07, 6.45) is -1.03. The first kappa shape index (κ1) is 19.3. The number of benzene rings is 1. The molecule has 0 amide bonds. The molecule has 1 aromatic carbocycles. The molecule has 3 nitrogen and oxygen atoms in total. The van der Waals surface area contributed by atoms with Crippen molar-refractivity contribution in [2.24, 2.45) is 5.92 Å². The second kappa shape index (κ2) is 7.93. The number of alkyl halides is 3. The van der Waals surface area contributed by atoms with Crippen molar-refractivity contribution in [3.63, 3.8) is 0 Å². The normalized spacial score (nSPS) is 20.3. The standard InChI is InChI=1S/C17H23F3N2O.ClH/c1-23-15-10-13(9-14(11-15)17(18,19)20)16(8-12-2-3-12)22-6-4-21-5-7-22;/h9-12,16,21H,2-8H2,1H3;1H/t16-;/m1./s1. The van der Waals surface area contributed by atoms with Gasteiger partial charge < -0.3 is 10.1 Å². The number of ether oxygens (including phenoxy) is 1. The van der Waals surface area contributed by atoms with E-state index in [-0.39, 0.29) is 24.2 Å². The molecule has 0 unspecified atom stereocenters. The van der Waals surface area contributed by atoms with Gasteiger partial charge in [-0.1, -0.05) is 12.8 Å². The van der Waals surface area contributed by atoms with Crippen molar-refractivity contribution in [2.75, 3.05) is 33.3 Å². The van der Waals surface area contributed by atoms with Crippen LogP contribution >= 0.6 is 12.4 Å². The Kier molecular flexibility index (Phi) is 6.39. The second-order valence-electron chi connectivity index (χ2n) is 6.47. The quantitative estimate of drug-likeness (QED) is 0.858. The highest BCUT2D eigenvalue weighted by atomic mass is 35.5. The molecule has 3 rings (SSSR count). The van der Waals surface area contributed by atoms with Crippen LogP contribution in [-0.4, -0.2) is 38.2 Å². The van der Waals surface area contributed by atoms with Gasteiger partial charge in [0.15, 0.2) is 0 Å². The van der Waals surface area contributed by atoms with E-state index in [9.17, 15) is 13.2 Å². The maximum Gasteiger partial charge on any atom is 0.416 e. The van der Waals surface area contributed by atoms with Crippen LogP contribution < -0.4 is 10.1 Å². The molecule has 1 saturated carbocycles. The van der Waals surface area contributed by atoms with E-state index in [1.165, 1.54) is 26.0 Å². The fourth-order valence-electron chi connectivity index (χ4n) is 3.26. The zero-order valence-electron chi connectivity index (χ0n) is 13.7. The lowest BCUT2D eigenvalue weighted by Crippen LogP contribution is -2.45. The van der Waals surface area contributed by atoms with Gasteiger partial charge in [0.05, 0.1) is 12.7 Å². The van der Waals surface area contributed by atoms with Gasteiger partial charge in [-0.3, -0.25) is 4.90 Å². The molecule has 1 aliphatic carbocycles. The van der Waals surface area contributed by atoms with Gasteiger partial charge in [0.2, 0.25) is 0 Å². The van der Waals surface area contributed by atoms with E-state index in [2.05, 4.69) is 10.2 Å². The van der Waals surface area contributed by atoms with Crippen molar-refractivity contribution in [2.45, 2.75) is 31.5 Å². The molecule has 2 fully saturated rings. The molecule has 136 valence electrons. The van der Waals surface area contributed by atoms with Crippen LogP contribution in [0, 0.1) is 5.92 Å². The molecule has 24 heavy (non-hydrogen) atoms. The number of hydrogen-bond donors (Lipinski definition) is 1. The average Bonchev–Trinajstić information content (AvgIpc) is 3.36. The Bertz CT molecular complexity index is 543. The number of nitrogens with zero attached hydrogens (tertiary/aromatic N) is 1. The maximum absolute atomic E-state index is 13.2. The molecule has 0 aromatic heterocycles. The third-order valence-electron chi connectivity index (χ3n) is 4.72. The summed E-state index contributed by atoms with van der Waals surface area (Å²) in [6, 6.07) is 4.19. The van der Waals surface area contributed by atoms with Gasteiger partial charge in [-0.2, -0.15) is 13.2 Å². The minimum absolute atomic E-state index is 0. The molecular weight excluding hydrogens is 341 g/mol. The summed E-state index contributed by atoms with van der Waals surface area (Å²) >= 11 is 0. The molecule has 1 N–H and O–H groups in total. The highest BCUT2D eigenvalue weighted by Crippen LogP contribution is 2.42. The highest BCUT2D eigenvalue weighted by Gasteiger charge is 2.35. The van der Waals surface area contributed by atoms with Crippen LogP contribution in [0.3, 0.4) is 0 Å². The molecule has 1 saturated heterocycles. The number of rotatable bonds is 5. The van der Waals surface area contributed by atoms with Crippen molar-refractivity contribution in [1.29, 1.82) is 0 Å². The van der Waals surface area contributed by atoms with Crippen LogP contribution in [0.1, 0.15) is 36.4 Å². The summed E-state index contributed by atoms with van der Waals surface area (Å²) in [5.41, 5.74) is 0.105. The molecule has 1 atom stereocenters. The fraction of sp³-hybridized carbons (Fsp3) is 0.647. The Balaban J connectivity index is 0.00000208. The summed E-state index contributed by atoms with van der Waals surface area (Å²) in [6.45, 7) is 3.51. The summed E-state index contributed by atoms with van der Waals surface area (Å²) in [5, 5.41) is 3.30. The first-order valence-corrected chi connectivity index (χ1v) is 8.18. The smallest absolute Gasteiger partial charge is 0.416 e. The summed E-state index contributed by atoms with van der Waals surface area (Å²) in [5.74, 6) is 0.932. The summed E-state index contributed by atoms with van der Waals surface area (Å²) in [4.78, 5) is 2.31. The molecule has 1 aromatic rings. The molecule has 1 aliphatic heterocycles. The SMILES string of the molecule is COc1cc([C@@H](CC2CC2)N2CCNCC2)cc(C(F)(F)F)c1.Cl. The molecule has 1 heterocycles. The Morgan fingerprint density at radius 3 is 2.42 bits per heavy atom. The predicted molar refractivity (Wildman–Crippen MR) is 89.8 cm³/mol. The second-order valence-corrected chi connectivity index (χ2v) is 6.47. The molecule has 0 spiro atoms. The van der Waals surface area contributed by atoms with E-state index in [1.54, 1.807) is 6.07 Å². The van der Waals surface area contributed by atoms with Gasteiger partial charge >= 0.3 is 6.18 Å². The van der Waals surface area contributed by atoms with E-state index < -0.39 is 11.7 Å². The van der Waals surface area contributed by atoms with E-state index in [0.29, 0.717) is 5.92 Å². The topological polar surface area (TPSA) is 24.5 Å². The molecule has 0 bridgehead atoms. The predicted octanol–water partition coefficient (Wildman–Crippen LogP) is 3.88. The molecule has 7 heteroatoms. The Morgan fingerprint density at radius 1 is 1.21 bits per heavy atom. The lowest BCUT2D eigenvalue weighted by Gasteiger charge is -2.35. The van der Waals surface area contributed by atoms with Crippen LogP contribution in [0.25, 0.3) is 0 Å². The zero-order chi connectivity index (χ0) is 16.4. The van der Waals surface area contributed by atoms with Crippen LogP contribution in [0.15, 0.2) is 18.2 Å². The zero-order valence-corrected chi connectivity index (χ0v) is 14.6. The van der Waals surface area contributed by atoms with Gasteiger partial charge in [-0.15, -0.1) is 12.4 Å². The van der Waals surface area contributed by atoms with Gasteiger partial charge in [-0.05, 0) is 36.1 Å². The first-order valence-electron chi connectivity index (χ1n) is 8.18. The maximum atomic E-state index is 13.2. The van der Waals surface area contributed by atoms with E-state index in [4.69, 9.17) is 4.74 Å². The van der Waals surface area contributed by atoms with Crippen molar-refractivity contribution < 1.29 is 17.9 Å². The monoisotopic (exact) mass is 364 g/mol. The van der Waals surface area contributed by atoms with Gasteiger partial charge in [0.25, 0.3) is 0 Å². The van der Waals surface area contributed by atoms with Gasteiger partial charge in [0, 0.05) is 32.2 Å². The van der Waals surface area contributed by atoms with Crippen molar-refractivity contribution in [3.05, 3.63) is 29.3 Å². The summed E-state index contributed by atoms with van der Waals surface area (Å²) < 4.78 is 44.7. The average molecular weight is 365 g/mol. The number of nitrogens with one attached hydrogen (secondary N) is 1. The van der Waals surface area contributed by atoms with E-state index in [0.717, 1.165) is 44.2 Å². The first-order chi connectivity index (χ1) is 11.0. The van der Waals surface area contributed by atoms with Gasteiger partial charge in [-0.25, -0.2) is 0 Å². The highest BCUT2D eigenvalue weighted by molar-refractivity contribution is 5.85. The number of piperazine rings is 1. The van der Waals surface area contributed by atoms with Crippen LogP contribution in [-0.2, 0) is 6.18 Å². The lowest BCUT2D eigenvalue weighted by molar-refractivity contribution is -0.137. The minimum Gasteiger partial charge on any atom is -0.497 e. The minimum atomic E-state index is -4.35. The Morgan fingerprint density at radius 2 is 1.88 bits per heavy atom. The van der Waals surface area contributed by atoms with Crippen molar-refractivity contribution in [3.8, 4) is 5.75 Å². The lowest BCUT2D eigenvalue weighted by atomic mass is 9.96. The van der Waals surface area contributed by atoms with E-state index in [1.807, 2.05) is 0 Å². The number of methoxy groups -OCH3 is 1. The van der Waals surface area contributed by atoms with E-state index >= 15 is 0 Å². The molecule has 0 radical (unpaired) electrons. The van der Waals surface area contributed by atoms with Gasteiger partial charge in [0.1, 0.15) is 5.75 Å². The van der Waals surface area contributed by atoms with Crippen LogP contribution in [0.4, 0.5) is 13.2 Å². The number of hydrogen-bond acceptors (Lipinski definition) is 3. The summed E-state index contributed by atoms with van der Waals surface area (Å²) in [7, 11) is 1.42. The Hall–Kier alpha value is -0.980. The largest absolute Gasteiger partial charge is 0.497 e. The molecule has 2 aliphatic rings. The third kappa shape index (κ3) is 4.77. The third-order valence-corrected chi connectivity index (χ3v) is 4.72. The Labute approximate surface area is 147 Å². The fourth-order valence-corrected chi connectivity index (χ4v) is 3.26. The van der Waals surface area contributed by atoms with Crippen LogP contribution in [0.2, 0.25) is 0 Å². The van der Waals surface area contributed by atoms with Crippen molar-refractivity contribution in [1.82, 2.24) is 10.2 Å². The number of halogens is 4. The van der Waals surface area contributed by atoms with Crippen LogP contribution in [0.5, 0.6) is 5.75 Å².